The van der Waals surface area contributed by atoms with Gasteiger partial charge in [0, 0.05) is 12.1 Å². The molecule has 9 heteroatoms. The quantitative estimate of drug-likeness (QED) is 0.360. The summed E-state index contributed by atoms with van der Waals surface area (Å²) in [6.07, 6.45) is -7.34. The van der Waals surface area contributed by atoms with E-state index in [2.05, 4.69) is 5.32 Å². The van der Waals surface area contributed by atoms with Gasteiger partial charge in [0.05, 0.1) is 6.61 Å². The molecule has 1 fully saturated rings. The lowest BCUT2D eigenvalue weighted by Crippen LogP contribution is -2.64. The maximum Gasteiger partial charge on any atom is 0.312 e. The number of hydrogen-bond donors (Lipinski definition) is 5. The Kier molecular flexibility index (Phi) is 6.90. The molecule has 1 rings (SSSR count). The topological polar surface area (TPSA) is 140 Å². The van der Waals surface area contributed by atoms with Crippen molar-refractivity contribution >= 4 is 11.8 Å². The Morgan fingerprint density at radius 3 is 2.00 bits per heavy atom. The second-order valence-corrected chi connectivity index (χ2v) is 6.12. The van der Waals surface area contributed by atoms with Crippen LogP contribution >= 0.6 is 0 Å². The maximum atomic E-state index is 12.2. The van der Waals surface area contributed by atoms with Crippen molar-refractivity contribution in [2.24, 2.45) is 0 Å². The molecule has 23 heavy (non-hydrogen) atoms. The predicted octanol–water partition coefficient (Wildman–Crippen LogP) is -2.45. The number of nitrogens with one attached hydrogen (secondary N) is 1. The van der Waals surface area contributed by atoms with Crippen molar-refractivity contribution in [2.45, 2.75) is 70.4 Å². The molecule has 0 aliphatic carbocycles. The van der Waals surface area contributed by atoms with Gasteiger partial charge in [0.15, 0.2) is 6.23 Å². The standard InChI is InChI=1S/C14H26N2O7/c1-6(2)16(7(3)4)14(22)12(21)15-13-11(20)10(19)9(18)8(5-17)23-13/h6-11,13,17-20H,5H2,1-4H3,(H,15,21)/t8-,9-,10+,11-,13-/m1/s1. The van der Waals surface area contributed by atoms with Gasteiger partial charge in [-0.05, 0) is 27.7 Å². The van der Waals surface area contributed by atoms with Crippen LogP contribution in [0.25, 0.3) is 0 Å². The van der Waals surface area contributed by atoms with Crippen molar-refractivity contribution in [2.75, 3.05) is 6.61 Å². The monoisotopic (exact) mass is 334 g/mol. The molecule has 0 radical (unpaired) electrons. The van der Waals surface area contributed by atoms with E-state index in [0.29, 0.717) is 0 Å². The zero-order valence-electron chi connectivity index (χ0n) is 13.7. The zero-order chi connectivity index (χ0) is 17.9. The molecule has 5 atom stereocenters. The lowest BCUT2D eigenvalue weighted by atomic mass is 9.98. The Morgan fingerprint density at radius 1 is 1.04 bits per heavy atom. The average Bonchev–Trinajstić information content (AvgIpc) is 2.46. The second-order valence-electron chi connectivity index (χ2n) is 6.12. The van der Waals surface area contributed by atoms with Gasteiger partial charge in [-0.2, -0.15) is 0 Å². The van der Waals surface area contributed by atoms with Crippen molar-refractivity contribution < 1.29 is 34.8 Å². The molecule has 5 N–H and O–H groups in total. The third-order valence-corrected chi connectivity index (χ3v) is 3.71. The molecule has 134 valence electrons. The lowest BCUT2D eigenvalue weighted by Gasteiger charge is -2.40. The third-order valence-electron chi connectivity index (χ3n) is 3.71. The van der Waals surface area contributed by atoms with Crippen molar-refractivity contribution in [3.8, 4) is 0 Å². The minimum atomic E-state index is -1.63. The van der Waals surface area contributed by atoms with Gasteiger partial charge >= 0.3 is 11.8 Å². The van der Waals surface area contributed by atoms with Gasteiger partial charge in [0.1, 0.15) is 24.4 Å². The van der Waals surface area contributed by atoms with Crippen LogP contribution in [0.5, 0.6) is 0 Å². The van der Waals surface area contributed by atoms with Gasteiger partial charge in [-0.15, -0.1) is 0 Å². The molecule has 0 aromatic carbocycles. The molecule has 1 aliphatic rings. The van der Waals surface area contributed by atoms with Crippen LogP contribution in [-0.4, -0.2) is 86.5 Å². The molecule has 0 unspecified atom stereocenters. The van der Waals surface area contributed by atoms with Crippen LogP contribution in [0.4, 0.5) is 0 Å². The fraction of sp³-hybridized carbons (Fsp3) is 0.857. The molecule has 1 aliphatic heterocycles. The van der Waals surface area contributed by atoms with Crippen LogP contribution in [0.3, 0.4) is 0 Å². The van der Waals surface area contributed by atoms with Crippen molar-refractivity contribution in [1.82, 2.24) is 10.2 Å². The number of carbonyl (C=O) groups is 2. The van der Waals surface area contributed by atoms with Crippen LogP contribution in [-0.2, 0) is 14.3 Å². The van der Waals surface area contributed by atoms with Crippen LogP contribution < -0.4 is 5.32 Å². The van der Waals surface area contributed by atoms with E-state index in [0.717, 1.165) is 0 Å². The highest BCUT2D eigenvalue weighted by molar-refractivity contribution is 6.35. The van der Waals surface area contributed by atoms with E-state index in [9.17, 15) is 24.9 Å². The maximum absolute atomic E-state index is 12.2. The lowest BCUT2D eigenvalue weighted by molar-refractivity contribution is -0.236. The van der Waals surface area contributed by atoms with Crippen LogP contribution in [0.2, 0.25) is 0 Å². The first-order valence-electron chi connectivity index (χ1n) is 7.55. The second kappa shape index (κ2) is 8.02. The van der Waals surface area contributed by atoms with Gasteiger partial charge in [-0.1, -0.05) is 0 Å². The van der Waals surface area contributed by atoms with E-state index in [4.69, 9.17) is 9.84 Å². The highest BCUT2D eigenvalue weighted by atomic mass is 16.6. The molecular weight excluding hydrogens is 308 g/mol. The fourth-order valence-corrected chi connectivity index (χ4v) is 2.59. The number of ether oxygens (including phenoxy) is 1. The van der Waals surface area contributed by atoms with E-state index in [1.54, 1.807) is 27.7 Å². The smallest absolute Gasteiger partial charge is 0.312 e. The normalized spacial score (nSPS) is 31.3. The summed E-state index contributed by atoms with van der Waals surface area (Å²) in [5, 5.41) is 40.5. The van der Waals surface area contributed by atoms with Crippen LogP contribution in [0.1, 0.15) is 27.7 Å². The first-order valence-corrected chi connectivity index (χ1v) is 7.55. The molecule has 0 aromatic rings. The summed E-state index contributed by atoms with van der Waals surface area (Å²) in [5.41, 5.74) is 0. The summed E-state index contributed by atoms with van der Waals surface area (Å²) in [6.45, 7) is 6.44. The summed E-state index contributed by atoms with van der Waals surface area (Å²) in [5.74, 6) is -1.80. The summed E-state index contributed by atoms with van der Waals surface area (Å²) in [4.78, 5) is 25.7. The van der Waals surface area contributed by atoms with Gasteiger partial charge in [0.25, 0.3) is 0 Å². The van der Waals surface area contributed by atoms with E-state index in [1.807, 2.05) is 0 Å². The van der Waals surface area contributed by atoms with Crippen molar-refractivity contribution in [1.29, 1.82) is 0 Å². The van der Waals surface area contributed by atoms with Gasteiger partial charge in [-0.3, -0.25) is 9.59 Å². The minimum Gasteiger partial charge on any atom is -0.394 e. The molecular formula is C14H26N2O7. The number of aliphatic hydroxyl groups excluding tert-OH is 4. The molecule has 1 saturated heterocycles. The summed E-state index contributed by atoms with van der Waals surface area (Å²) >= 11 is 0. The molecule has 0 bridgehead atoms. The molecule has 0 saturated carbocycles. The highest BCUT2D eigenvalue weighted by Crippen LogP contribution is 2.19. The third kappa shape index (κ3) is 4.39. The van der Waals surface area contributed by atoms with Gasteiger partial charge < -0.3 is 35.4 Å². The first-order chi connectivity index (χ1) is 10.6. The Balaban J connectivity index is 2.81. The fourth-order valence-electron chi connectivity index (χ4n) is 2.59. The predicted molar refractivity (Wildman–Crippen MR) is 79.0 cm³/mol. The number of amides is 2. The number of rotatable bonds is 4. The minimum absolute atomic E-state index is 0.206. The SMILES string of the molecule is CC(C)N(C(=O)C(=O)N[C@@H]1O[C@H](CO)[C@@H](O)[C@H](O)[C@H]1O)C(C)C. The number of aliphatic hydroxyl groups is 4. The average molecular weight is 334 g/mol. The summed E-state index contributed by atoms with van der Waals surface area (Å²) in [6, 6.07) is -0.411. The first kappa shape index (κ1) is 19.8. The zero-order valence-corrected chi connectivity index (χ0v) is 13.7. The molecule has 1 heterocycles. The van der Waals surface area contributed by atoms with E-state index in [1.165, 1.54) is 4.90 Å². The largest absolute Gasteiger partial charge is 0.394 e. The number of nitrogens with zero attached hydrogens (tertiary/aromatic N) is 1. The van der Waals surface area contributed by atoms with E-state index >= 15 is 0 Å². The highest BCUT2D eigenvalue weighted by Gasteiger charge is 2.44. The van der Waals surface area contributed by atoms with Gasteiger partial charge in [0.2, 0.25) is 0 Å². The number of carbonyl (C=O) groups excluding carboxylic acids is 2. The number of hydrogen-bond acceptors (Lipinski definition) is 7. The molecule has 0 spiro atoms. The molecule has 9 nitrogen and oxygen atoms in total. The summed E-state index contributed by atoms with van der Waals surface area (Å²) < 4.78 is 5.14. The molecule has 2 amide bonds. The van der Waals surface area contributed by atoms with E-state index in [-0.39, 0.29) is 12.1 Å². The molecule has 0 aromatic heterocycles. The van der Waals surface area contributed by atoms with Crippen molar-refractivity contribution in [3.63, 3.8) is 0 Å². The van der Waals surface area contributed by atoms with Gasteiger partial charge in [-0.25, -0.2) is 0 Å². The Morgan fingerprint density at radius 2 is 1.57 bits per heavy atom. The van der Waals surface area contributed by atoms with Crippen molar-refractivity contribution in [3.05, 3.63) is 0 Å². The Hall–Kier alpha value is -1.26. The van der Waals surface area contributed by atoms with Crippen LogP contribution in [0, 0.1) is 0 Å². The van der Waals surface area contributed by atoms with Crippen LogP contribution in [0.15, 0.2) is 0 Å². The van der Waals surface area contributed by atoms with E-state index < -0.39 is 49.1 Å². The Labute approximate surface area is 134 Å². The summed E-state index contributed by atoms with van der Waals surface area (Å²) in [7, 11) is 0. The Bertz CT molecular complexity index is 419.